The van der Waals surface area contributed by atoms with Crippen LogP contribution >= 0.6 is 0 Å². The molecule has 0 atom stereocenters. The van der Waals surface area contributed by atoms with Gasteiger partial charge in [0.05, 0.1) is 0 Å². The second-order valence-corrected chi connectivity index (χ2v) is 9.83. The van der Waals surface area contributed by atoms with Crippen molar-refractivity contribution in [2.45, 2.75) is 11.1 Å². The van der Waals surface area contributed by atoms with Crippen molar-refractivity contribution >= 4 is 0 Å². The summed E-state index contributed by atoms with van der Waals surface area (Å²) in [6.07, 6.45) is 0. The van der Waals surface area contributed by atoms with Gasteiger partial charge in [0, 0.05) is 0 Å². The van der Waals surface area contributed by atoms with Crippen LogP contribution in [-0.2, 0) is 16.0 Å². The maximum Gasteiger partial charge on any atom is 0.165 e. The molecule has 194 valence electrons. The first-order valence-corrected chi connectivity index (χ1v) is 13.6. The van der Waals surface area contributed by atoms with Crippen LogP contribution in [-0.4, -0.2) is 0 Å². The lowest BCUT2D eigenvalue weighted by Crippen LogP contribution is -2.49. The summed E-state index contributed by atoms with van der Waals surface area (Å²) in [5, 5.41) is 0. The van der Waals surface area contributed by atoms with Gasteiger partial charge in [0.2, 0.25) is 0 Å². The molecule has 0 aliphatic rings. The van der Waals surface area contributed by atoms with Crippen LogP contribution in [0.15, 0.2) is 182 Å². The van der Waals surface area contributed by atoms with Gasteiger partial charge in [0.15, 0.2) is 5.60 Å². The van der Waals surface area contributed by atoms with E-state index < -0.39 is 11.1 Å². The molecule has 0 fully saturated rings. The molecule has 0 saturated heterocycles. The Kier molecular flexibility index (Phi) is 7.37. The molecule has 0 unspecified atom stereocenters. The Hall–Kier alpha value is -4.76. The fourth-order valence-corrected chi connectivity index (χ4v) is 5.59. The van der Waals surface area contributed by atoms with Crippen molar-refractivity contribution in [3.05, 3.63) is 215 Å². The largest absolute Gasteiger partial charge is 0.279 e. The van der Waals surface area contributed by atoms with Gasteiger partial charge in [-0.3, -0.25) is 4.84 Å². The summed E-state index contributed by atoms with van der Waals surface area (Å²) in [5.74, 6) is 0. The van der Waals surface area contributed by atoms with E-state index in [4.69, 9.17) is 4.84 Å². The molecule has 0 aromatic heterocycles. The zero-order valence-corrected chi connectivity index (χ0v) is 22.2. The summed E-state index contributed by atoms with van der Waals surface area (Å²) in [6.45, 7) is 0. The van der Waals surface area contributed by atoms with Crippen molar-refractivity contribution in [1.29, 1.82) is 0 Å². The Balaban J connectivity index is 1.62. The number of rotatable bonds is 9. The monoisotopic (exact) mass is 517 g/mol. The van der Waals surface area contributed by atoms with E-state index in [2.05, 4.69) is 151 Å². The van der Waals surface area contributed by atoms with Crippen LogP contribution in [0.3, 0.4) is 0 Å². The molecule has 0 radical (unpaired) electrons. The molecule has 0 aliphatic heterocycles. The molecule has 2 heteroatoms. The molecule has 2 nitrogen and oxygen atoms in total. The van der Waals surface area contributed by atoms with E-state index in [-0.39, 0.29) is 0 Å². The van der Waals surface area contributed by atoms with Gasteiger partial charge >= 0.3 is 0 Å². The van der Waals surface area contributed by atoms with Gasteiger partial charge in [-0.1, -0.05) is 182 Å². The molecule has 6 aromatic rings. The molecule has 0 aliphatic carbocycles. The van der Waals surface area contributed by atoms with Gasteiger partial charge in [-0.05, 0) is 33.4 Å². The fraction of sp³-hybridized carbons (Fsp3) is 0.0526. The van der Waals surface area contributed by atoms with Crippen molar-refractivity contribution in [1.82, 2.24) is 5.48 Å². The lowest BCUT2D eigenvalue weighted by Gasteiger charge is -2.42. The highest BCUT2D eigenvalue weighted by Crippen LogP contribution is 2.43. The minimum atomic E-state index is -0.937. The van der Waals surface area contributed by atoms with Gasteiger partial charge in [0.25, 0.3) is 0 Å². The van der Waals surface area contributed by atoms with Gasteiger partial charge < -0.3 is 0 Å². The zero-order valence-electron chi connectivity index (χ0n) is 22.2. The van der Waals surface area contributed by atoms with E-state index in [9.17, 15) is 0 Å². The van der Waals surface area contributed by atoms with E-state index >= 15 is 0 Å². The van der Waals surface area contributed by atoms with E-state index in [1.807, 2.05) is 36.4 Å². The fourth-order valence-electron chi connectivity index (χ4n) is 5.59. The third kappa shape index (κ3) is 4.65. The van der Waals surface area contributed by atoms with Gasteiger partial charge in [0.1, 0.15) is 5.54 Å². The smallest absolute Gasteiger partial charge is 0.165 e. The van der Waals surface area contributed by atoms with Crippen molar-refractivity contribution in [2.24, 2.45) is 0 Å². The third-order valence-electron chi connectivity index (χ3n) is 7.52. The highest BCUT2D eigenvalue weighted by Gasteiger charge is 2.43. The van der Waals surface area contributed by atoms with E-state index in [1.165, 1.54) is 0 Å². The summed E-state index contributed by atoms with van der Waals surface area (Å²) in [6, 6.07) is 62.9. The lowest BCUT2D eigenvalue weighted by atomic mass is 9.77. The summed E-state index contributed by atoms with van der Waals surface area (Å²) in [4.78, 5) is 7.27. The molecule has 6 rings (SSSR count). The van der Waals surface area contributed by atoms with E-state index in [1.54, 1.807) is 0 Å². The SMILES string of the molecule is c1ccc(C(NOC(c2ccccc2)(c2ccccc2)c2ccccc2)(c2ccccc2)c2ccccc2)cc1. The number of hydrogen-bond acceptors (Lipinski definition) is 2. The molecule has 40 heavy (non-hydrogen) atoms. The molecular weight excluding hydrogens is 486 g/mol. The first kappa shape index (κ1) is 25.5. The van der Waals surface area contributed by atoms with Crippen molar-refractivity contribution in [3.8, 4) is 0 Å². The first-order chi connectivity index (χ1) is 19.8. The summed E-state index contributed by atoms with van der Waals surface area (Å²) in [7, 11) is 0. The molecule has 1 N–H and O–H groups in total. The Bertz CT molecular complexity index is 1280. The summed E-state index contributed by atoms with van der Waals surface area (Å²) < 4.78 is 0. The normalized spacial score (nSPS) is 11.7. The van der Waals surface area contributed by atoms with Gasteiger partial charge in [-0.15, -0.1) is 0 Å². The van der Waals surface area contributed by atoms with Crippen LogP contribution < -0.4 is 5.48 Å². The zero-order chi connectivity index (χ0) is 27.1. The summed E-state index contributed by atoms with van der Waals surface area (Å²) >= 11 is 0. The average Bonchev–Trinajstić information content (AvgIpc) is 3.06. The maximum absolute atomic E-state index is 7.27. The average molecular weight is 518 g/mol. The summed E-state index contributed by atoms with van der Waals surface area (Å²) in [5.41, 5.74) is 8.31. The topological polar surface area (TPSA) is 21.3 Å². The van der Waals surface area contributed by atoms with E-state index in [0.29, 0.717) is 0 Å². The number of hydrogen-bond donors (Lipinski definition) is 1. The lowest BCUT2D eigenvalue weighted by molar-refractivity contribution is -0.0886. The number of benzene rings is 6. The minimum absolute atomic E-state index is 0.798. The van der Waals surface area contributed by atoms with Crippen molar-refractivity contribution < 1.29 is 4.84 Å². The van der Waals surface area contributed by atoms with Crippen molar-refractivity contribution in [2.75, 3.05) is 0 Å². The quantitative estimate of drug-likeness (QED) is 0.153. The predicted octanol–water partition coefficient (Wildman–Crippen LogP) is 8.49. The minimum Gasteiger partial charge on any atom is -0.279 e. The number of nitrogens with one attached hydrogen (secondary N) is 1. The highest BCUT2D eigenvalue weighted by atomic mass is 16.7. The molecule has 0 bridgehead atoms. The third-order valence-corrected chi connectivity index (χ3v) is 7.52. The Morgan fingerprint density at radius 1 is 0.300 bits per heavy atom. The second kappa shape index (κ2) is 11.5. The molecule has 0 spiro atoms. The van der Waals surface area contributed by atoms with Crippen LogP contribution in [0.25, 0.3) is 0 Å². The Morgan fingerprint density at radius 3 is 0.775 bits per heavy atom. The van der Waals surface area contributed by atoms with Gasteiger partial charge in [-0.25, -0.2) is 0 Å². The van der Waals surface area contributed by atoms with Crippen LogP contribution in [0, 0.1) is 0 Å². The van der Waals surface area contributed by atoms with Crippen LogP contribution in [0.4, 0.5) is 0 Å². The first-order valence-electron chi connectivity index (χ1n) is 13.6. The molecule has 0 saturated carbocycles. The standard InChI is InChI=1S/C38H31NO/c1-7-19-31(20-8-1)37(32-21-9-2-10-22-32,33-23-11-3-12-24-33)39-40-38(34-25-13-4-14-26-34,35-27-15-5-16-28-35)36-29-17-6-18-30-36/h1-30,39H. The van der Waals surface area contributed by atoms with Crippen LogP contribution in [0.1, 0.15) is 33.4 Å². The number of hydroxylamine groups is 1. The Labute approximate surface area is 236 Å². The van der Waals surface area contributed by atoms with Crippen LogP contribution in [0.5, 0.6) is 0 Å². The van der Waals surface area contributed by atoms with Crippen LogP contribution in [0.2, 0.25) is 0 Å². The Morgan fingerprint density at radius 2 is 0.525 bits per heavy atom. The molecule has 0 amide bonds. The highest BCUT2D eigenvalue weighted by molar-refractivity contribution is 5.51. The maximum atomic E-state index is 7.27. The van der Waals surface area contributed by atoms with Crippen molar-refractivity contribution in [3.63, 3.8) is 0 Å². The molecule has 0 heterocycles. The second-order valence-electron chi connectivity index (χ2n) is 9.83. The van der Waals surface area contributed by atoms with Gasteiger partial charge in [-0.2, -0.15) is 5.48 Å². The molecule has 6 aromatic carbocycles. The predicted molar refractivity (Wildman–Crippen MR) is 163 cm³/mol. The van der Waals surface area contributed by atoms with E-state index in [0.717, 1.165) is 33.4 Å². The molecular formula is C38H31NO.